The molecule has 1 aliphatic rings. The Kier molecular flexibility index (Phi) is 1.96. The van der Waals surface area contributed by atoms with Gasteiger partial charge in [-0.05, 0) is 23.3 Å². The Morgan fingerprint density at radius 3 is 2.77 bits per heavy atom. The zero-order valence-corrected chi connectivity index (χ0v) is 7.03. The minimum atomic E-state index is 0. The number of hydrogen-bond donors (Lipinski definition) is 1. The molecule has 1 N–H and O–H groups in total. The highest BCUT2D eigenvalue weighted by Crippen LogP contribution is 2.15. The van der Waals surface area contributed by atoms with Crippen molar-refractivity contribution in [2.45, 2.75) is 0 Å². The Balaban J connectivity index is 0.000000980. The summed E-state index contributed by atoms with van der Waals surface area (Å²) < 4.78 is 0. The first-order chi connectivity index (χ1) is 6.40. The summed E-state index contributed by atoms with van der Waals surface area (Å²) >= 11 is 0. The monoisotopic (exact) mass is 172 g/mol. The molecule has 13 heavy (non-hydrogen) atoms. The van der Waals surface area contributed by atoms with Gasteiger partial charge in [-0.25, -0.2) is 0 Å². The third-order valence-electron chi connectivity index (χ3n) is 1.95. The fourth-order valence-electron chi connectivity index (χ4n) is 1.30. The van der Waals surface area contributed by atoms with Gasteiger partial charge in [0, 0.05) is 6.20 Å². The van der Waals surface area contributed by atoms with E-state index >= 15 is 0 Å². The quantitative estimate of drug-likeness (QED) is 0.655. The molecule has 1 aliphatic heterocycles. The van der Waals surface area contributed by atoms with Crippen LogP contribution < -0.4 is 5.32 Å². The molecule has 2 nitrogen and oxygen atoms in total. The van der Waals surface area contributed by atoms with Crippen molar-refractivity contribution < 1.29 is 6.22 Å². The van der Waals surface area contributed by atoms with Crippen molar-refractivity contribution >= 4 is 18.4 Å². The van der Waals surface area contributed by atoms with Crippen LogP contribution in [0.3, 0.4) is 0 Å². The van der Waals surface area contributed by atoms with E-state index in [1.165, 1.54) is 0 Å². The summed E-state index contributed by atoms with van der Waals surface area (Å²) in [5.74, 6) is 0. The van der Waals surface area contributed by atoms with Crippen molar-refractivity contribution in [3.05, 3.63) is 47.3 Å². The lowest BCUT2D eigenvalue weighted by molar-refractivity contribution is -0.105. The molecule has 0 fully saturated rings. The molecule has 0 spiro atoms. The number of carbonyl (C=O) groups is 1. The number of fused-ring (bicyclic) bond motifs is 1. The van der Waals surface area contributed by atoms with Gasteiger partial charge in [0.15, 0.2) is 6.29 Å². The van der Waals surface area contributed by atoms with Crippen molar-refractivity contribution in [1.82, 2.24) is 5.32 Å². The normalized spacial score (nSPS) is 13.7. The molecule has 64 valence electrons. The summed E-state index contributed by atoms with van der Waals surface area (Å²) in [6, 6.07) is 7.92. The van der Waals surface area contributed by atoms with Crippen LogP contribution in [0.5, 0.6) is 0 Å². The van der Waals surface area contributed by atoms with E-state index < -0.39 is 0 Å². The largest absolute Gasteiger partial charge is 1.00 e. The number of carbonyl (C=O) groups excluding carboxylic acids is 1. The van der Waals surface area contributed by atoms with Gasteiger partial charge in [0.1, 0.15) is 0 Å². The van der Waals surface area contributed by atoms with Gasteiger partial charge in [0.2, 0.25) is 0 Å². The van der Waals surface area contributed by atoms with E-state index in [4.69, 9.17) is 0 Å². The second kappa shape index (κ2) is 3.27. The van der Waals surface area contributed by atoms with Crippen molar-refractivity contribution in [3.8, 4) is 0 Å². The van der Waals surface area contributed by atoms with E-state index in [1.807, 2.05) is 36.4 Å². The van der Waals surface area contributed by atoms with Crippen molar-refractivity contribution in [2.24, 2.45) is 0 Å². The maximum absolute atomic E-state index is 10.6. The van der Waals surface area contributed by atoms with Crippen LogP contribution >= 0.6 is 0 Å². The molecule has 2 rings (SSSR count). The predicted molar refractivity (Wildman–Crippen MR) is 53.8 cm³/mol. The highest BCUT2D eigenvalue weighted by molar-refractivity contribution is 5.84. The molecule has 0 amide bonds. The molecule has 0 unspecified atom stereocenters. The Morgan fingerprint density at radius 1 is 1.23 bits per heavy atom. The van der Waals surface area contributed by atoms with Crippen LogP contribution in [0.4, 0.5) is 0 Å². The third kappa shape index (κ3) is 1.51. The van der Waals surface area contributed by atoms with Gasteiger partial charge >= 0.3 is 1.43 Å². The molecule has 1 aromatic rings. The Hall–Kier alpha value is -1.83. The zero-order valence-electron chi connectivity index (χ0n) is 8.03. The highest BCUT2D eigenvalue weighted by atomic mass is 16.1. The zero-order chi connectivity index (χ0) is 9.10. The van der Waals surface area contributed by atoms with Gasteiger partial charge in [-0.15, -0.1) is 0 Å². The minimum Gasteiger partial charge on any atom is -0.359 e. The van der Waals surface area contributed by atoms with Crippen LogP contribution in [-0.2, 0) is 4.79 Å². The van der Waals surface area contributed by atoms with Crippen molar-refractivity contribution in [2.75, 3.05) is 0 Å². The van der Waals surface area contributed by atoms with E-state index in [9.17, 15) is 4.79 Å². The van der Waals surface area contributed by atoms with Crippen LogP contribution in [0.2, 0.25) is 0 Å². The molecular weight excluding hydrogens is 162 g/mol. The second-order valence-electron chi connectivity index (χ2n) is 2.82. The topological polar surface area (TPSA) is 29.1 Å². The molecule has 0 radical (unpaired) electrons. The molecule has 1 heterocycles. The molecule has 0 aromatic heterocycles. The molecular formula is C11H10NO+. The first-order valence-corrected chi connectivity index (χ1v) is 4.09. The van der Waals surface area contributed by atoms with E-state index in [0.717, 1.165) is 17.4 Å². The van der Waals surface area contributed by atoms with Gasteiger partial charge < -0.3 is 5.32 Å². The lowest BCUT2D eigenvalue weighted by Gasteiger charge is -1.97. The predicted octanol–water partition coefficient (Wildman–Crippen LogP) is 1.91. The van der Waals surface area contributed by atoms with Crippen LogP contribution in [0, 0.1) is 0 Å². The van der Waals surface area contributed by atoms with Crippen LogP contribution in [0.15, 0.2) is 36.2 Å². The van der Waals surface area contributed by atoms with Gasteiger partial charge in [-0.1, -0.05) is 24.3 Å². The lowest BCUT2D eigenvalue weighted by Crippen LogP contribution is -2.03. The van der Waals surface area contributed by atoms with E-state index in [1.54, 1.807) is 6.20 Å². The van der Waals surface area contributed by atoms with Crippen LogP contribution in [0.25, 0.3) is 12.2 Å². The average molecular weight is 172 g/mol. The second-order valence-corrected chi connectivity index (χ2v) is 2.82. The molecule has 0 aliphatic carbocycles. The third-order valence-corrected chi connectivity index (χ3v) is 1.95. The lowest BCUT2D eigenvalue weighted by atomic mass is 10.1. The van der Waals surface area contributed by atoms with Crippen molar-refractivity contribution in [1.29, 1.82) is 0 Å². The molecule has 2 heteroatoms. The number of allylic oxidation sites excluding steroid dienone is 1. The van der Waals surface area contributed by atoms with Crippen LogP contribution in [-0.4, -0.2) is 6.29 Å². The molecule has 0 bridgehead atoms. The number of hydrogen-bond acceptors (Lipinski definition) is 2. The number of benzene rings is 1. The molecule has 0 saturated heterocycles. The number of nitrogens with one attached hydrogen (secondary N) is 1. The number of aldehydes is 1. The van der Waals surface area contributed by atoms with E-state index in [-0.39, 0.29) is 1.43 Å². The highest BCUT2D eigenvalue weighted by Gasteiger charge is 2.00. The van der Waals surface area contributed by atoms with Crippen molar-refractivity contribution in [3.63, 3.8) is 0 Å². The Bertz CT molecular complexity index is 396. The average Bonchev–Trinajstić information content (AvgIpc) is 2.38. The number of rotatable bonds is 1. The summed E-state index contributed by atoms with van der Waals surface area (Å²) in [5.41, 5.74) is 2.76. The Labute approximate surface area is 78.1 Å². The smallest absolute Gasteiger partial charge is 0.359 e. The molecule has 0 atom stereocenters. The van der Waals surface area contributed by atoms with E-state index in [2.05, 4.69) is 5.32 Å². The fraction of sp³-hybridized carbons (Fsp3) is 0. The van der Waals surface area contributed by atoms with E-state index in [0.29, 0.717) is 5.70 Å². The van der Waals surface area contributed by atoms with Gasteiger partial charge in [0.05, 0.1) is 5.70 Å². The standard InChI is InChI=1S/C11H9NO/c13-8-11-7-10-4-2-1-3-9(10)5-6-12-11/h1-8,12H/p+1. The summed E-state index contributed by atoms with van der Waals surface area (Å²) in [7, 11) is 0. The van der Waals surface area contributed by atoms with Gasteiger partial charge in [0.25, 0.3) is 0 Å². The summed E-state index contributed by atoms with van der Waals surface area (Å²) in [6.45, 7) is 0. The summed E-state index contributed by atoms with van der Waals surface area (Å²) in [5, 5.41) is 2.89. The maximum Gasteiger partial charge on any atom is 1.00 e. The SMILES string of the molecule is O=CC1=Cc2ccccc2C=CN1.[H+]. The maximum atomic E-state index is 10.6. The minimum absolute atomic E-state index is 0. The first kappa shape index (κ1) is 7.80. The summed E-state index contributed by atoms with van der Waals surface area (Å²) in [4.78, 5) is 10.6. The van der Waals surface area contributed by atoms with Gasteiger partial charge in [-0.3, -0.25) is 4.79 Å². The van der Waals surface area contributed by atoms with Gasteiger partial charge in [-0.2, -0.15) is 0 Å². The van der Waals surface area contributed by atoms with Crippen LogP contribution in [0.1, 0.15) is 12.6 Å². The molecule has 1 aromatic carbocycles. The fourth-order valence-corrected chi connectivity index (χ4v) is 1.30. The Morgan fingerprint density at radius 2 is 2.00 bits per heavy atom. The molecule has 0 saturated carbocycles. The first-order valence-electron chi connectivity index (χ1n) is 4.09. The summed E-state index contributed by atoms with van der Waals surface area (Å²) in [6.07, 6.45) is 6.36.